The van der Waals surface area contributed by atoms with Crippen LogP contribution in [0, 0.1) is 6.92 Å². The first-order valence-electron chi connectivity index (χ1n) is 5.59. The first-order chi connectivity index (χ1) is 8.72. The molecule has 0 N–H and O–H groups in total. The number of carbonyl (C=O) groups excluding carboxylic acids is 1. The summed E-state index contributed by atoms with van der Waals surface area (Å²) in [6.07, 6.45) is -1.21. The van der Waals surface area contributed by atoms with Crippen molar-refractivity contribution < 1.29 is 22.1 Å². The van der Waals surface area contributed by atoms with Crippen molar-refractivity contribution in [1.29, 1.82) is 0 Å². The molecule has 0 saturated carbocycles. The second kappa shape index (κ2) is 5.99. The topological polar surface area (TPSA) is 69.7 Å². The number of aryl methyl sites for hydroxylation is 1. The average molecular weight is 284 g/mol. The van der Waals surface area contributed by atoms with Crippen molar-refractivity contribution in [3.8, 4) is 0 Å². The summed E-state index contributed by atoms with van der Waals surface area (Å²) in [5, 5.41) is 0. The minimum atomic E-state index is -3.95. The summed E-state index contributed by atoms with van der Waals surface area (Å²) in [6, 6.07) is 6.16. The van der Waals surface area contributed by atoms with Gasteiger partial charge in [0, 0.05) is 5.57 Å². The Hall–Kier alpha value is -1.66. The molecule has 0 aliphatic rings. The Kier molecular flexibility index (Phi) is 4.85. The van der Waals surface area contributed by atoms with E-state index in [-0.39, 0.29) is 10.5 Å². The van der Waals surface area contributed by atoms with E-state index in [1.54, 1.807) is 12.1 Å². The zero-order valence-electron chi connectivity index (χ0n) is 11.0. The molecule has 0 radical (unpaired) electrons. The Morgan fingerprint density at radius 1 is 1.26 bits per heavy atom. The maximum Gasteiger partial charge on any atom is 0.335 e. The molecular weight excluding hydrogens is 268 g/mol. The van der Waals surface area contributed by atoms with Crippen LogP contribution in [0.25, 0.3) is 0 Å². The summed E-state index contributed by atoms with van der Waals surface area (Å²) in [4.78, 5) is 11.2. The molecular formula is C13H16O5S. The van der Waals surface area contributed by atoms with Gasteiger partial charge in [-0.2, -0.15) is 8.42 Å². The number of rotatable bonds is 5. The largest absolute Gasteiger partial charge is 0.431 e. The SMILES string of the molecule is C=C(C)C(=O)OC(C)OS(=O)(=O)c1ccc(C)cc1. The van der Waals surface area contributed by atoms with E-state index >= 15 is 0 Å². The molecule has 6 heteroatoms. The zero-order valence-corrected chi connectivity index (χ0v) is 11.9. The quantitative estimate of drug-likeness (QED) is 0.359. The molecule has 104 valence electrons. The van der Waals surface area contributed by atoms with Crippen molar-refractivity contribution in [1.82, 2.24) is 0 Å². The fourth-order valence-corrected chi connectivity index (χ4v) is 2.19. The summed E-state index contributed by atoms with van der Waals surface area (Å²) >= 11 is 0. The zero-order chi connectivity index (χ0) is 14.6. The highest BCUT2D eigenvalue weighted by Gasteiger charge is 2.21. The molecule has 0 heterocycles. The van der Waals surface area contributed by atoms with Crippen molar-refractivity contribution in [2.75, 3.05) is 0 Å². The number of ether oxygens (including phenoxy) is 1. The molecule has 1 rings (SSSR count). The Labute approximate surface area is 113 Å². The number of benzene rings is 1. The molecule has 1 aromatic rings. The third kappa shape index (κ3) is 4.50. The van der Waals surface area contributed by atoms with Gasteiger partial charge in [-0.1, -0.05) is 24.3 Å². The summed E-state index contributed by atoms with van der Waals surface area (Å²) in [7, 11) is -3.95. The van der Waals surface area contributed by atoms with Gasteiger partial charge in [0.1, 0.15) is 0 Å². The standard InChI is InChI=1S/C13H16O5S/c1-9(2)13(14)17-11(4)18-19(15,16)12-7-5-10(3)6-8-12/h5-8,11H,1H2,2-4H3. The number of carbonyl (C=O) groups is 1. The molecule has 0 aliphatic carbocycles. The van der Waals surface area contributed by atoms with Crippen molar-refractivity contribution in [3.05, 3.63) is 42.0 Å². The molecule has 5 nitrogen and oxygen atoms in total. The van der Waals surface area contributed by atoms with Crippen LogP contribution in [0.5, 0.6) is 0 Å². The number of esters is 1. The van der Waals surface area contributed by atoms with Crippen molar-refractivity contribution >= 4 is 16.1 Å². The van der Waals surface area contributed by atoms with Gasteiger partial charge in [0.15, 0.2) is 0 Å². The minimum absolute atomic E-state index is 0.0105. The summed E-state index contributed by atoms with van der Waals surface area (Å²) in [5.74, 6) is -0.702. The van der Waals surface area contributed by atoms with Crippen LogP contribution >= 0.6 is 0 Å². The number of hydrogen-bond donors (Lipinski definition) is 0. The van der Waals surface area contributed by atoms with Crippen LogP contribution in [-0.2, 0) is 23.8 Å². The molecule has 0 amide bonds. The van der Waals surface area contributed by atoms with Crippen molar-refractivity contribution in [3.63, 3.8) is 0 Å². The highest BCUT2D eigenvalue weighted by molar-refractivity contribution is 7.86. The van der Waals surface area contributed by atoms with E-state index in [9.17, 15) is 13.2 Å². The molecule has 1 atom stereocenters. The molecule has 1 aromatic carbocycles. The van der Waals surface area contributed by atoms with Gasteiger partial charge in [-0.3, -0.25) is 0 Å². The average Bonchev–Trinajstić information content (AvgIpc) is 2.28. The Balaban J connectivity index is 2.77. The molecule has 0 bridgehead atoms. The molecule has 19 heavy (non-hydrogen) atoms. The second-order valence-corrected chi connectivity index (χ2v) is 5.69. The lowest BCUT2D eigenvalue weighted by molar-refractivity contribution is -0.155. The van der Waals surface area contributed by atoms with Gasteiger partial charge >= 0.3 is 5.97 Å². The first kappa shape index (κ1) is 15.4. The normalized spacial score (nSPS) is 12.8. The van der Waals surface area contributed by atoms with Gasteiger partial charge < -0.3 is 4.74 Å². The predicted octanol–water partition coefficient (Wildman–Crippen LogP) is 2.17. The fourth-order valence-electron chi connectivity index (χ4n) is 1.21. The van der Waals surface area contributed by atoms with Gasteiger partial charge in [0.2, 0.25) is 6.29 Å². The van der Waals surface area contributed by atoms with E-state index in [0.29, 0.717) is 0 Å². The summed E-state index contributed by atoms with van der Waals surface area (Å²) in [6.45, 7) is 8.02. The smallest absolute Gasteiger partial charge is 0.335 e. The maximum absolute atomic E-state index is 11.9. The molecule has 0 fully saturated rings. The predicted molar refractivity (Wildman–Crippen MR) is 69.8 cm³/mol. The monoisotopic (exact) mass is 284 g/mol. The van der Waals surface area contributed by atoms with E-state index in [2.05, 4.69) is 6.58 Å². The highest BCUT2D eigenvalue weighted by atomic mass is 32.2. The summed E-state index contributed by atoms with van der Waals surface area (Å²) < 4.78 is 33.3. The lowest BCUT2D eigenvalue weighted by Crippen LogP contribution is -2.22. The lowest BCUT2D eigenvalue weighted by Gasteiger charge is -2.14. The van der Waals surface area contributed by atoms with E-state index < -0.39 is 22.4 Å². The fraction of sp³-hybridized carbons (Fsp3) is 0.308. The molecule has 1 unspecified atom stereocenters. The Bertz CT molecular complexity index is 572. The summed E-state index contributed by atoms with van der Waals surface area (Å²) in [5.41, 5.74) is 1.10. The minimum Gasteiger partial charge on any atom is -0.431 e. The van der Waals surface area contributed by atoms with Crippen LogP contribution in [-0.4, -0.2) is 20.7 Å². The van der Waals surface area contributed by atoms with E-state index in [0.717, 1.165) is 5.56 Å². The van der Waals surface area contributed by atoms with Gasteiger partial charge in [-0.25, -0.2) is 8.98 Å². The molecule has 0 saturated heterocycles. The van der Waals surface area contributed by atoms with E-state index in [1.165, 1.54) is 26.0 Å². The van der Waals surface area contributed by atoms with Crippen molar-refractivity contribution in [2.45, 2.75) is 32.0 Å². The van der Waals surface area contributed by atoms with E-state index in [1.807, 2.05) is 6.92 Å². The van der Waals surface area contributed by atoms with E-state index in [4.69, 9.17) is 8.92 Å². The van der Waals surface area contributed by atoms with Gasteiger partial charge in [0.05, 0.1) is 4.90 Å². The third-order valence-corrected chi connectivity index (χ3v) is 3.57. The highest BCUT2D eigenvalue weighted by Crippen LogP contribution is 2.15. The Morgan fingerprint density at radius 3 is 2.26 bits per heavy atom. The lowest BCUT2D eigenvalue weighted by atomic mass is 10.2. The van der Waals surface area contributed by atoms with Crippen LogP contribution in [0.3, 0.4) is 0 Å². The van der Waals surface area contributed by atoms with Crippen LogP contribution in [0.15, 0.2) is 41.3 Å². The van der Waals surface area contributed by atoms with Crippen LogP contribution in [0.4, 0.5) is 0 Å². The van der Waals surface area contributed by atoms with Crippen LogP contribution in [0.2, 0.25) is 0 Å². The first-order valence-corrected chi connectivity index (χ1v) is 6.99. The molecule has 0 aromatic heterocycles. The second-order valence-electron chi connectivity index (χ2n) is 4.12. The molecule has 0 spiro atoms. The third-order valence-electron chi connectivity index (χ3n) is 2.19. The van der Waals surface area contributed by atoms with Crippen LogP contribution < -0.4 is 0 Å². The van der Waals surface area contributed by atoms with Crippen LogP contribution in [0.1, 0.15) is 19.4 Å². The molecule has 0 aliphatic heterocycles. The maximum atomic E-state index is 11.9. The number of hydrogen-bond acceptors (Lipinski definition) is 5. The Morgan fingerprint density at radius 2 is 1.79 bits per heavy atom. The van der Waals surface area contributed by atoms with Gasteiger partial charge in [-0.05, 0) is 32.9 Å². The van der Waals surface area contributed by atoms with Gasteiger partial charge in [0.25, 0.3) is 10.1 Å². The van der Waals surface area contributed by atoms with Gasteiger partial charge in [-0.15, -0.1) is 0 Å². The van der Waals surface area contributed by atoms with Crippen molar-refractivity contribution in [2.24, 2.45) is 0 Å².